The first-order valence-electron chi connectivity index (χ1n) is 3.95. The maximum Gasteiger partial charge on any atom is 0.178 e. The molecule has 0 bridgehead atoms. The van der Waals surface area contributed by atoms with Crippen LogP contribution in [0, 0.1) is 11.5 Å². The van der Waals surface area contributed by atoms with Crippen molar-refractivity contribution in [3.8, 4) is 11.5 Å². The third kappa shape index (κ3) is 3.53. The highest BCUT2D eigenvalue weighted by Gasteiger charge is 2.07. The highest BCUT2D eigenvalue weighted by Crippen LogP contribution is 2.09. The second-order valence-corrected chi connectivity index (χ2v) is 9.49. The summed E-state index contributed by atoms with van der Waals surface area (Å²) in [4.78, 5) is 15.1. The average Bonchev–Trinajstić information content (AvgIpc) is 2.47. The Kier molecular flexibility index (Phi) is 3.01. The van der Waals surface area contributed by atoms with E-state index < -0.39 is 8.07 Å². The van der Waals surface area contributed by atoms with Crippen molar-refractivity contribution < 1.29 is 4.79 Å². The molecule has 1 aromatic rings. The standard InChI is InChI=1S/C9H11NOSSi/c1-13(2,3)5-4-8-6-10-9(7-11)12-8/h6-7H,1-3H3. The van der Waals surface area contributed by atoms with Crippen molar-refractivity contribution in [1.82, 2.24) is 4.98 Å². The molecule has 0 aliphatic heterocycles. The maximum absolute atomic E-state index is 10.3. The Morgan fingerprint density at radius 2 is 2.23 bits per heavy atom. The van der Waals surface area contributed by atoms with Gasteiger partial charge in [-0.25, -0.2) is 4.98 Å². The van der Waals surface area contributed by atoms with Crippen molar-refractivity contribution in [1.29, 1.82) is 0 Å². The van der Waals surface area contributed by atoms with Gasteiger partial charge in [0.05, 0.1) is 11.1 Å². The van der Waals surface area contributed by atoms with Crippen LogP contribution in [0.1, 0.15) is 14.7 Å². The largest absolute Gasteiger partial charge is 0.295 e. The van der Waals surface area contributed by atoms with Crippen LogP contribution >= 0.6 is 11.3 Å². The van der Waals surface area contributed by atoms with Gasteiger partial charge in [0.15, 0.2) is 11.3 Å². The Labute approximate surface area is 83.0 Å². The van der Waals surface area contributed by atoms with E-state index in [1.54, 1.807) is 6.20 Å². The third-order valence-corrected chi connectivity index (χ3v) is 2.90. The molecule has 0 N–H and O–H groups in total. The maximum atomic E-state index is 10.3. The van der Waals surface area contributed by atoms with Crippen LogP contribution in [0.25, 0.3) is 0 Å². The van der Waals surface area contributed by atoms with Crippen LogP contribution in [0.2, 0.25) is 19.6 Å². The molecule has 2 nitrogen and oxygen atoms in total. The van der Waals surface area contributed by atoms with Crippen LogP contribution in [0.3, 0.4) is 0 Å². The lowest BCUT2D eigenvalue weighted by atomic mass is 10.6. The first-order valence-corrected chi connectivity index (χ1v) is 8.27. The zero-order valence-electron chi connectivity index (χ0n) is 7.92. The summed E-state index contributed by atoms with van der Waals surface area (Å²) < 4.78 is 0. The van der Waals surface area contributed by atoms with Gasteiger partial charge in [0.1, 0.15) is 8.07 Å². The van der Waals surface area contributed by atoms with Crippen LogP contribution in [-0.4, -0.2) is 19.3 Å². The summed E-state index contributed by atoms with van der Waals surface area (Å²) in [5.74, 6) is 3.05. The summed E-state index contributed by atoms with van der Waals surface area (Å²) in [6.07, 6.45) is 2.41. The van der Waals surface area contributed by atoms with Gasteiger partial charge in [-0.05, 0) is 0 Å². The molecule has 4 heteroatoms. The van der Waals surface area contributed by atoms with Crippen LogP contribution < -0.4 is 0 Å². The van der Waals surface area contributed by atoms with Gasteiger partial charge in [-0.3, -0.25) is 4.79 Å². The average molecular weight is 209 g/mol. The number of thiazole rings is 1. The van der Waals surface area contributed by atoms with Crippen LogP contribution in [-0.2, 0) is 0 Å². The molecule has 0 aliphatic carbocycles. The predicted molar refractivity (Wildman–Crippen MR) is 57.7 cm³/mol. The van der Waals surface area contributed by atoms with Crippen molar-refractivity contribution in [2.45, 2.75) is 19.6 Å². The SMILES string of the molecule is C[Si](C)(C)C#Cc1cnc(C=O)s1. The Morgan fingerprint density at radius 1 is 1.54 bits per heavy atom. The zero-order valence-corrected chi connectivity index (χ0v) is 9.73. The molecule has 1 rings (SSSR count). The van der Waals surface area contributed by atoms with E-state index in [0.29, 0.717) is 5.01 Å². The molecule has 0 unspecified atom stereocenters. The Hall–Kier alpha value is -0.923. The smallest absolute Gasteiger partial charge is 0.178 e. The van der Waals surface area contributed by atoms with Gasteiger partial charge in [0.25, 0.3) is 0 Å². The highest BCUT2D eigenvalue weighted by molar-refractivity contribution is 7.13. The minimum atomic E-state index is -1.31. The fourth-order valence-electron chi connectivity index (χ4n) is 0.649. The molecule has 0 aliphatic rings. The van der Waals surface area contributed by atoms with Gasteiger partial charge >= 0.3 is 0 Å². The molecule has 13 heavy (non-hydrogen) atoms. The van der Waals surface area contributed by atoms with Crippen molar-refractivity contribution in [3.05, 3.63) is 16.1 Å². The Bertz CT molecular complexity index is 367. The Morgan fingerprint density at radius 3 is 2.69 bits per heavy atom. The quantitative estimate of drug-likeness (QED) is 0.403. The number of hydrogen-bond acceptors (Lipinski definition) is 3. The zero-order chi connectivity index (χ0) is 9.90. The van der Waals surface area contributed by atoms with Crippen LogP contribution in [0.5, 0.6) is 0 Å². The monoisotopic (exact) mass is 209 g/mol. The number of carbonyl (C=O) groups excluding carboxylic acids is 1. The molecule has 0 amide bonds. The van der Waals surface area contributed by atoms with Crippen molar-refractivity contribution >= 4 is 25.7 Å². The van der Waals surface area contributed by atoms with Gasteiger partial charge in [-0.15, -0.1) is 16.9 Å². The first-order chi connectivity index (χ1) is 6.01. The van der Waals surface area contributed by atoms with E-state index >= 15 is 0 Å². The lowest BCUT2D eigenvalue weighted by molar-refractivity contribution is 0.112. The van der Waals surface area contributed by atoms with Gasteiger partial charge in [0.2, 0.25) is 0 Å². The second-order valence-electron chi connectivity index (χ2n) is 3.68. The minimum Gasteiger partial charge on any atom is -0.295 e. The number of carbonyl (C=O) groups is 1. The predicted octanol–water partition coefficient (Wildman–Crippen LogP) is 2.18. The fourth-order valence-corrected chi connectivity index (χ4v) is 1.84. The second kappa shape index (κ2) is 3.86. The molecule has 0 radical (unpaired) electrons. The molecular formula is C9H11NOSSi. The molecule has 0 saturated carbocycles. The fraction of sp³-hybridized carbons (Fsp3) is 0.333. The number of rotatable bonds is 1. The van der Waals surface area contributed by atoms with E-state index in [4.69, 9.17) is 0 Å². The van der Waals surface area contributed by atoms with Gasteiger partial charge in [-0.2, -0.15) is 0 Å². The molecule has 0 atom stereocenters. The molecule has 1 heterocycles. The van der Waals surface area contributed by atoms with Gasteiger partial charge < -0.3 is 0 Å². The highest BCUT2D eigenvalue weighted by atomic mass is 32.1. The molecule has 0 aromatic carbocycles. The van der Waals surface area contributed by atoms with E-state index in [-0.39, 0.29) is 0 Å². The number of aromatic nitrogens is 1. The van der Waals surface area contributed by atoms with E-state index in [1.165, 1.54) is 11.3 Å². The third-order valence-electron chi connectivity index (χ3n) is 1.19. The Balaban J connectivity index is 2.84. The molecule has 0 fully saturated rings. The normalized spacial score (nSPS) is 10.4. The minimum absolute atomic E-state index is 0.500. The summed E-state index contributed by atoms with van der Waals surface area (Å²) in [7, 11) is -1.31. The molecule has 0 spiro atoms. The molecule has 68 valence electrons. The summed E-state index contributed by atoms with van der Waals surface area (Å²) in [5, 5.41) is 0.500. The summed E-state index contributed by atoms with van der Waals surface area (Å²) >= 11 is 1.34. The van der Waals surface area contributed by atoms with Crippen LogP contribution in [0.15, 0.2) is 6.20 Å². The van der Waals surface area contributed by atoms with E-state index in [9.17, 15) is 4.79 Å². The number of hydrogen-bond donors (Lipinski definition) is 0. The summed E-state index contributed by atoms with van der Waals surface area (Å²) in [6.45, 7) is 6.55. The summed E-state index contributed by atoms with van der Waals surface area (Å²) in [5.41, 5.74) is 3.22. The molecule has 1 aromatic heterocycles. The van der Waals surface area contributed by atoms with E-state index in [0.717, 1.165) is 11.2 Å². The number of aldehydes is 1. The first kappa shape index (κ1) is 10.2. The topological polar surface area (TPSA) is 30.0 Å². The van der Waals surface area contributed by atoms with E-state index in [2.05, 4.69) is 36.1 Å². The summed E-state index contributed by atoms with van der Waals surface area (Å²) in [6, 6.07) is 0. The van der Waals surface area contributed by atoms with Crippen molar-refractivity contribution in [2.75, 3.05) is 0 Å². The lowest BCUT2D eigenvalue weighted by Gasteiger charge is -2.02. The van der Waals surface area contributed by atoms with Crippen molar-refractivity contribution in [2.24, 2.45) is 0 Å². The molecular weight excluding hydrogens is 198 g/mol. The van der Waals surface area contributed by atoms with Gasteiger partial charge in [0, 0.05) is 0 Å². The van der Waals surface area contributed by atoms with E-state index in [1.807, 2.05) is 0 Å². The van der Waals surface area contributed by atoms with Crippen LogP contribution in [0.4, 0.5) is 0 Å². The molecule has 0 saturated heterocycles. The lowest BCUT2D eigenvalue weighted by Crippen LogP contribution is -2.16. The van der Waals surface area contributed by atoms with Gasteiger partial charge in [-0.1, -0.05) is 25.6 Å². The van der Waals surface area contributed by atoms with Crippen molar-refractivity contribution in [3.63, 3.8) is 0 Å². The number of nitrogens with zero attached hydrogens (tertiary/aromatic N) is 1.